The van der Waals surface area contributed by atoms with Crippen LogP contribution in [-0.4, -0.2) is 0 Å². The van der Waals surface area contributed by atoms with E-state index in [2.05, 4.69) is 0 Å². The molecule has 0 unspecified atom stereocenters. The molecule has 0 aromatic carbocycles. The molecule has 4 aliphatic rings. The SMILES string of the molecule is C1[C-]2CC3C[C-]1CC(C2)C3.CC.[Y].[Y].[Y]. The van der Waals surface area contributed by atoms with Gasteiger partial charge in [0.15, 0.2) is 0 Å². The molecular formula is C12H20Y3-2. The smallest absolute Gasteiger partial charge is 0 e. The molecule has 3 radical (unpaired) electrons. The molecule has 15 heavy (non-hydrogen) atoms. The van der Waals surface area contributed by atoms with Gasteiger partial charge in [0.1, 0.15) is 0 Å². The second-order valence-electron chi connectivity index (χ2n) is 4.46. The molecule has 0 N–H and O–H groups in total. The summed E-state index contributed by atoms with van der Waals surface area (Å²) in [6.07, 6.45) is 9.00. The van der Waals surface area contributed by atoms with Crippen LogP contribution in [0.5, 0.6) is 0 Å². The van der Waals surface area contributed by atoms with E-state index in [0.29, 0.717) is 0 Å². The number of hydrogen-bond acceptors (Lipinski definition) is 0. The van der Waals surface area contributed by atoms with Gasteiger partial charge in [-0.15, -0.1) is 0 Å². The van der Waals surface area contributed by atoms with E-state index in [-0.39, 0.29) is 98.1 Å². The van der Waals surface area contributed by atoms with Gasteiger partial charge < -0.3 is 18.3 Å². The molecule has 4 aliphatic carbocycles. The summed E-state index contributed by atoms with van der Waals surface area (Å²) in [5.41, 5.74) is 0. The Bertz CT molecular complexity index is 102. The average Bonchev–Trinajstić information content (AvgIpc) is 2.05. The van der Waals surface area contributed by atoms with E-state index in [9.17, 15) is 0 Å². The molecule has 4 saturated carbocycles. The Balaban J connectivity index is 0. The van der Waals surface area contributed by atoms with Gasteiger partial charge in [0.25, 0.3) is 0 Å². The third kappa shape index (κ3) is 5.44. The van der Waals surface area contributed by atoms with Gasteiger partial charge in [-0.1, -0.05) is 32.1 Å². The van der Waals surface area contributed by atoms with Gasteiger partial charge in [-0.05, 0) is 0 Å². The maximum Gasteiger partial charge on any atom is 0 e. The second-order valence-corrected chi connectivity index (χ2v) is 4.46. The van der Waals surface area contributed by atoms with Crippen LogP contribution in [0, 0.1) is 23.7 Å². The zero-order chi connectivity index (χ0) is 8.55. The molecule has 0 aliphatic heterocycles. The summed E-state index contributed by atoms with van der Waals surface area (Å²) >= 11 is 0. The second kappa shape index (κ2) is 10.1. The van der Waals surface area contributed by atoms with Crippen molar-refractivity contribution in [3.05, 3.63) is 11.8 Å². The van der Waals surface area contributed by atoms with E-state index in [0.717, 1.165) is 11.8 Å². The Morgan fingerprint density at radius 2 is 1.07 bits per heavy atom. The van der Waals surface area contributed by atoms with Crippen molar-refractivity contribution in [2.75, 3.05) is 0 Å². The molecular weight excluding hydrogens is 411 g/mol. The maximum absolute atomic E-state index is 2.00. The number of rotatable bonds is 0. The van der Waals surface area contributed by atoms with Gasteiger partial charge in [0.2, 0.25) is 0 Å². The summed E-state index contributed by atoms with van der Waals surface area (Å²) < 4.78 is 0. The summed E-state index contributed by atoms with van der Waals surface area (Å²) in [6, 6.07) is 0. The van der Waals surface area contributed by atoms with Crippen molar-refractivity contribution in [1.29, 1.82) is 0 Å². The van der Waals surface area contributed by atoms with Crippen LogP contribution in [0.15, 0.2) is 0 Å². The minimum absolute atomic E-state index is 0. The molecule has 0 atom stereocenters. The van der Waals surface area contributed by atoms with Crippen molar-refractivity contribution in [1.82, 2.24) is 0 Å². The Morgan fingerprint density at radius 1 is 0.733 bits per heavy atom. The summed E-state index contributed by atoms with van der Waals surface area (Å²) in [5.74, 6) is 6.00. The average molecular weight is 431 g/mol. The standard InChI is InChI=1S/C10H14.C2H6.3Y/c1-7-2-9-4-8(1)5-10(3-7)6-9;1-2;;;/h7-8H,1-6H2;1-2H3;;;/q-2;;;;. The van der Waals surface area contributed by atoms with Gasteiger partial charge in [-0.2, -0.15) is 25.7 Å². The van der Waals surface area contributed by atoms with Crippen LogP contribution in [0.25, 0.3) is 0 Å². The van der Waals surface area contributed by atoms with Crippen LogP contribution in [0.3, 0.4) is 0 Å². The molecule has 4 fully saturated rings. The van der Waals surface area contributed by atoms with Crippen LogP contribution in [0.4, 0.5) is 0 Å². The van der Waals surface area contributed by atoms with Crippen LogP contribution in [-0.2, 0) is 98.1 Å². The molecule has 0 spiro atoms. The first kappa shape index (κ1) is 20.6. The summed E-state index contributed by atoms with van der Waals surface area (Å²) in [7, 11) is 0. The molecule has 0 saturated heterocycles. The van der Waals surface area contributed by atoms with Gasteiger partial charge >= 0.3 is 0 Å². The topological polar surface area (TPSA) is 0 Å². The van der Waals surface area contributed by atoms with E-state index < -0.39 is 0 Å². The molecule has 3 heteroatoms. The monoisotopic (exact) mass is 431 g/mol. The molecule has 4 rings (SSSR count). The third-order valence-corrected chi connectivity index (χ3v) is 3.48. The summed E-state index contributed by atoms with van der Waals surface area (Å²) in [5, 5.41) is 0. The molecule has 0 nitrogen and oxygen atoms in total. The first-order valence-electron chi connectivity index (χ1n) is 5.57. The maximum atomic E-state index is 2.00. The summed E-state index contributed by atoms with van der Waals surface area (Å²) in [6.45, 7) is 4.00. The predicted molar refractivity (Wildman–Crippen MR) is 52.5 cm³/mol. The van der Waals surface area contributed by atoms with Crippen LogP contribution in [0.1, 0.15) is 52.4 Å². The van der Waals surface area contributed by atoms with Crippen molar-refractivity contribution in [2.24, 2.45) is 11.8 Å². The van der Waals surface area contributed by atoms with Crippen molar-refractivity contribution < 1.29 is 98.1 Å². The molecule has 0 aromatic heterocycles. The van der Waals surface area contributed by atoms with Crippen molar-refractivity contribution in [3.8, 4) is 0 Å². The van der Waals surface area contributed by atoms with E-state index in [1.807, 2.05) is 25.7 Å². The van der Waals surface area contributed by atoms with Crippen molar-refractivity contribution in [2.45, 2.75) is 52.4 Å². The fourth-order valence-electron chi connectivity index (χ4n) is 3.39. The first-order chi connectivity index (χ1) is 5.90. The van der Waals surface area contributed by atoms with Crippen LogP contribution >= 0.6 is 0 Å². The number of hydrogen-bond donors (Lipinski definition) is 0. The Labute approximate surface area is 171 Å². The van der Waals surface area contributed by atoms with Gasteiger partial charge in [0, 0.05) is 98.1 Å². The zero-order valence-electron chi connectivity index (χ0n) is 10.1. The Kier molecular flexibility index (Phi) is 13.9. The fourth-order valence-corrected chi connectivity index (χ4v) is 3.39. The normalized spacial score (nSPS) is 31.6. The van der Waals surface area contributed by atoms with Crippen LogP contribution < -0.4 is 0 Å². The van der Waals surface area contributed by atoms with E-state index in [4.69, 9.17) is 0 Å². The molecule has 4 bridgehead atoms. The fraction of sp³-hybridized carbons (Fsp3) is 0.833. The third-order valence-electron chi connectivity index (χ3n) is 3.48. The molecule has 0 amide bonds. The Hall–Kier alpha value is 3.31. The van der Waals surface area contributed by atoms with E-state index in [1.165, 1.54) is 32.1 Å². The molecule has 0 heterocycles. The minimum atomic E-state index is 0. The summed E-state index contributed by atoms with van der Waals surface area (Å²) in [4.78, 5) is 0. The quantitative estimate of drug-likeness (QED) is 0.513. The molecule has 0 aromatic rings. The van der Waals surface area contributed by atoms with E-state index in [1.54, 1.807) is 6.42 Å². The van der Waals surface area contributed by atoms with Crippen molar-refractivity contribution >= 4 is 0 Å². The largest absolute Gasteiger partial charge is 0.342 e. The van der Waals surface area contributed by atoms with Gasteiger partial charge in [-0.25, -0.2) is 0 Å². The Morgan fingerprint density at radius 3 is 1.33 bits per heavy atom. The van der Waals surface area contributed by atoms with Gasteiger partial charge in [0.05, 0.1) is 0 Å². The van der Waals surface area contributed by atoms with Crippen LogP contribution in [0.2, 0.25) is 0 Å². The molecule has 79 valence electrons. The minimum Gasteiger partial charge on any atom is -0.342 e. The zero-order valence-corrected chi connectivity index (χ0v) is 18.6. The predicted octanol–water partition coefficient (Wildman–Crippen LogP) is 3.77. The van der Waals surface area contributed by atoms with Crippen molar-refractivity contribution in [3.63, 3.8) is 0 Å². The van der Waals surface area contributed by atoms with Gasteiger partial charge in [-0.3, -0.25) is 0 Å². The first-order valence-corrected chi connectivity index (χ1v) is 5.57. The van der Waals surface area contributed by atoms with E-state index >= 15 is 0 Å².